The molecule has 1 fully saturated rings. The number of carboxylic acid groups (broad SMARTS) is 1. The lowest BCUT2D eigenvalue weighted by atomic mass is 10.1. The molecule has 7 heteroatoms. The van der Waals surface area contributed by atoms with Crippen molar-refractivity contribution in [2.24, 2.45) is 0 Å². The number of carbonyl (C=O) groups is 2. The molecule has 0 aromatic heterocycles. The quantitative estimate of drug-likeness (QED) is 0.785. The predicted octanol–water partition coefficient (Wildman–Crippen LogP) is 2.30. The van der Waals surface area contributed by atoms with Gasteiger partial charge >= 0.3 is 6.09 Å². The van der Waals surface area contributed by atoms with Gasteiger partial charge in [-0.3, -0.25) is 9.69 Å². The second kappa shape index (κ2) is 8.50. The van der Waals surface area contributed by atoms with Crippen LogP contribution in [-0.4, -0.2) is 41.4 Å². The molecule has 1 aromatic carbocycles. The maximum Gasteiger partial charge on any atom is 0.408 e. The maximum atomic E-state index is 11.9. The second-order valence-corrected chi connectivity index (χ2v) is 5.44. The summed E-state index contributed by atoms with van der Waals surface area (Å²) >= 11 is 0. The van der Waals surface area contributed by atoms with Gasteiger partial charge in [-0.05, 0) is 25.3 Å². The van der Waals surface area contributed by atoms with Crippen molar-refractivity contribution in [1.82, 2.24) is 10.4 Å². The number of nitrogens with one attached hydrogen (secondary N) is 1. The van der Waals surface area contributed by atoms with Crippen molar-refractivity contribution >= 4 is 12.0 Å². The number of hydrogen-bond acceptors (Lipinski definition) is 4. The van der Waals surface area contributed by atoms with E-state index in [0.717, 1.165) is 23.3 Å². The van der Waals surface area contributed by atoms with Gasteiger partial charge < -0.3 is 9.84 Å². The Hall–Kier alpha value is -2.12. The summed E-state index contributed by atoms with van der Waals surface area (Å²) < 4.78 is 5.33. The lowest BCUT2D eigenvalue weighted by Gasteiger charge is -2.27. The van der Waals surface area contributed by atoms with E-state index in [1.807, 2.05) is 30.3 Å². The van der Waals surface area contributed by atoms with Crippen molar-refractivity contribution < 1.29 is 24.3 Å². The molecule has 23 heavy (non-hydrogen) atoms. The summed E-state index contributed by atoms with van der Waals surface area (Å²) in [6.45, 7) is 2.03. The first-order valence-corrected chi connectivity index (χ1v) is 7.68. The molecular weight excluding hydrogens is 300 g/mol. The Morgan fingerprint density at radius 1 is 1.39 bits per heavy atom. The van der Waals surface area contributed by atoms with Crippen molar-refractivity contribution in [3.05, 3.63) is 35.9 Å². The summed E-state index contributed by atoms with van der Waals surface area (Å²) in [5.74, 6) is -0.524. The summed E-state index contributed by atoms with van der Waals surface area (Å²) in [6.07, 6.45) is 1.05. The van der Waals surface area contributed by atoms with Gasteiger partial charge in [0, 0.05) is 13.0 Å². The molecule has 0 aliphatic carbocycles. The van der Waals surface area contributed by atoms with Gasteiger partial charge in [0.25, 0.3) is 5.91 Å². The Balaban J connectivity index is 1.88. The van der Waals surface area contributed by atoms with E-state index < -0.39 is 24.3 Å². The van der Waals surface area contributed by atoms with E-state index in [9.17, 15) is 14.7 Å². The summed E-state index contributed by atoms with van der Waals surface area (Å²) in [5.41, 5.74) is 3.09. The molecular formula is C16H22N2O5. The normalized spacial score (nSPS) is 18.9. The molecule has 0 radical (unpaired) electrons. The second-order valence-electron chi connectivity index (χ2n) is 5.44. The van der Waals surface area contributed by atoms with E-state index in [2.05, 4.69) is 5.48 Å². The van der Waals surface area contributed by atoms with Crippen LogP contribution in [0.4, 0.5) is 4.79 Å². The number of rotatable bonds is 6. The van der Waals surface area contributed by atoms with Crippen LogP contribution in [0.15, 0.2) is 30.3 Å². The van der Waals surface area contributed by atoms with Crippen LogP contribution < -0.4 is 5.48 Å². The van der Waals surface area contributed by atoms with Crippen LogP contribution in [0.2, 0.25) is 0 Å². The van der Waals surface area contributed by atoms with Crippen molar-refractivity contribution in [2.75, 3.05) is 13.2 Å². The van der Waals surface area contributed by atoms with Crippen molar-refractivity contribution in [1.29, 1.82) is 0 Å². The SMILES string of the molecule is CC(c1ccccc1)N(CC(=O)NOC1CCCCO1)C(=O)O. The Morgan fingerprint density at radius 3 is 2.74 bits per heavy atom. The minimum Gasteiger partial charge on any atom is -0.465 e. The van der Waals surface area contributed by atoms with Gasteiger partial charge in [0.05, 0.1) is 6.04 Å². The van der Waals surface area contributed by atoms with Crippen LogP contribution in [0, 0.1) is 0 Å². The van der Waals surface area contributed by atoms with E-state index in [1.165, 1.54) is 0 Å². The Bertz CT molecular complexity index is 516. The third kappa shape index (κ3) is 5.22. The van der Waals surface area contributed by atoms with Gasteiger partial charge in [0.1, 0.15) is 6.54 Å². The Morgan fingerprint density at radius 2 is 2.13 bits per heavy atom. The molecule has 0 saturated carbocycles. The molecule has 0 bridgehead atoms. The van der Waals surface area contributed by atoms with Gasteiger partial charge in [-0.15, -0.1) is 0 Å². The molecule has 1 aliphatic heterocycles. The average molecular weight is 322 g/mol. The summed E-state index contributed by atoms with van der Waals surface area (Å²) in [4.78, 5) is 29.6. The molecule has 2 amide bonds. The number of amides is 2. The van der Waals surface area contributed by atoms with Crippen LogP contribution in [0.25, 0.3) is 0 Å². The fourth-order valence-corrected chi connectivity index (χ4v) is 2.40. The smallest absolute Gasteiger partial charge is 0.408 e. The maximum absolute atomic E-state index is 11.9. The Labute approximate surface area is 135 Å². The van der Waals surface area contributed by atoms with Crippen LogP contribution in [0.1, 0.15) is 37.8 Å². The van der Waals surface area contributed by atoms with E-state index in [-0.39, 0.29) is 6.54 Å². The molecule has 0 spiro atoms. The highest BCUT2D eigenvalue weighted by Crippen LogP contribution is 2.19. The van der Waals surface area contributed by atoms with E-state index >= 15 is 0 Å². The molecule has 1 heterocycles. The fraction of sp³-hybridized carbons (Fsp3) is 0.500. The molecule has 2 unspecified atom stereocenters. The zero-order valence-electron chi connectivity index (χ0n) is 13.1. The lowest BCUT2D eigenvalue weighted by molar-refractivity contribution is -0.200. The standard InChI is InChI=1S/C16H22N2O5/c1-12(13-7-3-2-4-8-13)18(16(20)21)11-14(19)17-23-15-9-5-6-10-22-15/h2-4,7-8,12,15H,5-6,9-11H2,1H3,(H,17,19)(H,20,21). The molecule has 1 aliphatic rings. The highest BCUT2D eigenvalue weighted by molar-refractivity contribution is 5.81. The van der Waals surface area contributed by atoms with Crippen LogP contribution in [0.5, 0.6) is 0 Å². The van der Waals surface area contributed by atoms with Gasteiger partial charge in [-0.25, -0.2) is 15.1 Å². The number of ether oxygens (including phenoxy) is 1. The third-order valence-corrected chi connectivity index (χ3v) is 3.75. The lowest BCUT2D eigenvalue weighted by Crippen LogP contribution is -2.43. The number of nitrogens with zero attached hydrogens (tertiary/aromatic N) is 1. The van der Waals surface area contributed by atoms with Crippen LogP contribution in [-0.2, 0) is 14.4 Å². The number of benzene rings is 1. The molecule has 126 valence electrons. The van der Waals surface area contributed by atoms with Crippen LogP contribution in [0.3, 0.4) is 0 Å². The minimum absolute atomic E-state index is 0.307. The molecule has 1 saturated heterocycles. The average Bonchev–Trinajstić information content (AvgIpc) is 2.58. The fourth-order valence-electron chi connectivity index (χ4n) is 2.40. The summed E-state index contributed by atoms with van der Waals surface area (Å²) in [5, 5.41) is 9.35. The number of hydroxylamine groups is 1. The van der Waals surface area contributed by atoms with Crippen LogP contribution >= 0.6 is 0 Å². The van der Waals surface area contributed by atoms with Crippen molar-refractivity contribution in [3.63, 3.8) is 0 Å². The van der Waals surface area contributed by atoms with Gasteiger partial charge in [-0.1, -0.05) is 30.3 Å². The molecule has 2 N–H and O–H groups in total. The molecule has 1 aromatic rings. The zero-order chi connectivity index (χ0) is 16.7. The largest absolute Gasteiger partial charge is 0.465 e. The molecule has 2 atom stereocenters. The summed E-state index contributed by atoms with van der Waals surface area (Å²) in [6, 6.07) is 8.72. The number of carbonyl (C=O) groups excluding carboxylic acids is 1. The van der Waals surface area contributed by atoms with Gasteiger partial charge in [0.2, 0.25) is 0 Å². The first kappa shape index (κ1) is 17.2. The highest BCUT2D eigenvalue weighted by Gasteiger charge is 2.24. The first-order chi connectivity index (χ1) is 11.1. The summed E-state index contributed by atoms with van der Waals surface area (Å²) in [7, 11) is 0. The number of hydrogen-bond donors (Lipinski definition) is 2. The Kier molecular flexibility index (Phi) is 6.37. The van der Waals surface area contributed by atoms with Gasteiger partial charge in [0.15, 0.2) is 6.29 Å². The molecule has 7 nitrogen and oxygen atoms in total. The monoisotopic (exact) mass is 322 g/mol. The topological polar surface area (TPSA) is 88.1 Å². The van der Waals surface area contributed by atoms with E-state index in [4.69, 9.17) is 9.57 Å². The van der Waals surface area contributed by atoms with E-state index in [1.54, 1.807) is 6.92 Å². The highest BCUT2D eigenvalue weighted by atomic mass is 16.8. The predicted molar refractivity (Wildman–Crippen MR) is 82.4 cm³/mol. The van der Waals surface area contributed by atoms with Crippen molar-refractivity contribution in [3.8, 4) is 0 Å². The zero-order valence-corrected chi connectivity index (χ0v) is 13.1. The third-order valence-electron chi connectivity index (χ3n) is 3.75. The first-order valence-electron chi connectivity index (χ1n) is 7.68. The van der Waals surface area contributed by atoms with E-state index in [0.29, 0.717) is 13.0 Å². The molecule has 2 rings (SSSR count). The van der Waals surface area contributed by atoms with Gasteiger partial charge in [-0.2, -0.15) is 0 Å². The minimum atomic E-state index is -1.16. The van der Waals surface area contributed by atoms with Crippen molar-refractivity contribution in [2.45, 2.75) is 38.5 Å².